The number of allylic oxidation sites excluding steroid dienone is 10. The van der Waals surface area contributed by atoms with Gasteiger partial charge in [0.2, 0.25) is 0 Å². The van der Waals surface area contributed by atoms with Crippen LogP contribution in [0.4, 0.5) is 0 Å². The van der Waals surface area contributed by atoms with E-state index in [1.165, 1.54) is 161 Å². The molecule has 1 unspecified atom stereocenters. The van der Waals surface area contributed by atoms with E-state index in [-0.39, 0.29) is 12.6 Å². The monoisotopic (exact) mass is 783 g/mol. The number of esters is 1. The minimum Gasteiger partial charge on any atom is -0.457 e. The van der Waals surface area contributed by atoms with E-state index in [2.05, 4.69) is 74.6 Å². The molecular weight excluding hydrogens is 689 g/mol. The van der Waals surface area contributed by atoms with Crippen LogP contribution in [0.2, 0.25) is 0 Å². The van der Waals surface area contributed by atoms with E-state index < -0.39 is 6.10 Å². The van der Waals surface area contributed by atoms with Crippen molar-refractivity contribution in [1.29, 1.82) is 0 Å². The Morgan fingerprint density at radius 3 is 1.21 bits per heavy atom. The number of hydrogen-bond donors (Lipinski definition) is 1. The molecule has 56 heavy (non-hydrogen) atoms. The number of hydrogen-bond acceptors (Lipinski definition) is 4. The molecule has 0 spiro atoms. The van der Waals surface area contributed by atoms with Crippen molar-refractivity contribution in [2.24, 2.45) is 0 Å². The van der Waals surface area contributed by atoms with Gasteiger partial charge in [-0.3, -0.25) is 4.79 Å². The summed E-state index contributed by atoms with van der Waals surface area (Å²) in [5, 5.41) is 9.64. The van der Waals surface area contributed by atoms with Crippen LogP contribution in [0.25, 0.3) is 0 Å². The van der Waals surface area contributed by atoms with Crippen molar-refractivity contribution < 1.29 is 19.4 Å². The molecule has 0 rings (SSSR count). The topological polar surface area (TPSA) is 55.8 Å². The maximum atomic E-state index is 12.3. The van der Waals surface area contributed by atoms with E-state index in [4.69, 9.17) is 9.47 Å². The highest BCUT2D eigenvalue weighted by atomic mass is 16.6. The Bertz CT molecular complexity index is 916. The van der Waals surface area contributed by atoms with Crippen molar-refractivity contribution >= 4 is 5.97 Å². The predicted octanol–water partition coefficient (Wildman–Crippen LogP) is 16.4. The summed E-state index contributed by atoms with van der Waals surface area (Å²) in [7, 11) is 0. The zero-order valence-corrected chi connectivity index (χ0v) is 37.4. The van der Waals surface area contributed by atoms with Crippen molar-refractivity contribution in [2.75, 3.05) is 19.8 Å². The Balaban J connectivity index is 3.44. The third-order valence-electron chi connectivity index (χ3n) is 10.6. The molecule has 0 aromatic rings. The second kappa shape index (κ2) is 49.2. The fourth-order valence-electron chi connectivity index (χ4n) is 7.00. The first kappa shape index (κ1) is 54.1. The molecule has 1 N–H and O–H groups in total. The molecule has 0 radical (unpaired) electrons. The van der Waals surface area contributed by atoms with E-state index in [1.54, 1.807) is 0 Å². The number of unbranched alkanes of at least 4 members (excludes halogenated alkanes) is 27. The molecule has 4 heteroatoms. The van der Waals surface area contributed by atoms with Crippen LogP contribution in [0.1, 0.15) is 239 Å². The highest BCUT2D eigenvalue weighted by Crippen LogP contribution is 2.16. The lowest BCUT2D eigenvalue weighted by Gasteiger charge is -2.16. The van der Waals surface area contributed by atoms with E-state index in [0.29, 0.717) is 19.6 Å². The summed E-state index contributed by atoms with van der Waals surface area (Å²) >= 11 is 0. The molecule has 0 bridgehead atoms. The second-order valence-electron chi connectivity index (χ2n) is 16.2. The zero-order valence-electron chi connectivity index (χ0n) is 37.4. The Kier molecular flexibility index (Phi) is 47.6. The highest BCUT2D eigenvalue weighted by molar-refractivity contribution is 5.69. The largest absolute Gasteiger partial charge is 0.457 e. The van der Waals surface area contributed by atoms with Gasteiger partial charge in [-0.25, -0.2) is 0 Å². The predicted molar refractivity (Wildman–Crippen MR) is 246 cm³/mol. The number of aliphatic hydroxyl groups is 1. The normalized spacial score (nSPS) is 12.8. The molecular formula is C52H94O4. The minimum absolute atomic E-state index is 0.176. The van der Waals surface area contributed by atoms with Gasteiger partial charge in [0.05, 0.1) is 13.2 Å². The van der Waals surface area contributed by atoms with Gasteiger partial charge in [0, 0.05) is 13.0 Å². The molecule has 0 aliphatic carbocycles. The van der Waals surface area contributed by atoms with Gasteiger partial charge in [0.1, 0.15) is 6.10 Å². The van der Waals surface area contributed by atoms with Crippen molar-refractivity contribution in [3.05, 3.63) is 60.8 Å². The summed E-state index contributed by atoms with van der Waals surface area (Å²) in [5.74, 6) is -0.209. The minimum atomic E-state index is -0.541. The van der Waals surface area contributed by atoms with Crippen LogP contribution in [0.15, 0.2) is 60.8 Å². The Labute approximate surface area is 349 Å². The molecule has 0 aliphatic rings. The molecule has 1 atom stereocenters. The van der Waals surface area contributed by atoms with E-state index in [9.17, 15) is 9.90 Å². The van der Waals surface area contributed by atoms with Crippen LogP contribution < -0.4 is 0 Å². The lowest BCUT2D eigenvalue weighted by Crippen LogP contribution is -2.27. The van der Waals surface area contributed by atoms with Crippen LogP contribution in [0.3, 0.4) is 0 Å². The molecule has 0 saturated heterocycles. The van der Waals surface area contributed by atoms with Crippen LogP contribution in [0.5, 0.6) is 0 Å². The summed E-state index contributed by atoms with van der Waals surface area (Å²) in [6, 6.07) is 0. The third-order valence-corrected chi connectivity index (χ3v) is 10.6. The molecule has 0 aliphatic heterocycles. The molecule has 4 nitrogen and oxygen atoms in total. The first-order valence-corrected chi connectivity index (χ1v) is 24.4. The van der Waals surface area contributed by atoms with Crippen LogP contribution in [-0.4, -0.2) is 37.0 Å². The second-order valence-corrected chi connectivity index (χ2v) is 16.2. The van der Waals surface area contributed by atoms with Gasteiger partial charge >= 0.3 is 5.97 Å². The molecule has 0 fully saturated rings. The number of ether oxygens (including phenoxy) is 2. The first-order chi connectivity index (χ1) is 27.7. The number of carbonyl (C=O) groups is 1. The van der Waals surface area contributed by atoms with Gasteiger partial charge in [-0.05, 0) is 57.8 Å². The molecule has 0 saturated carbocycles. The van der Waals surface area contributed by atoms with Crippen LogP contribution >= 0.6 is 0 Å². The maximum absolute atomic E-state index is 12.3. The maximum Gasteiger partial charge on any atom is 0.306 e. The van der Waals surface area contributed by atoms with E-state index in [1.807, 2.05) is 0 Å². The average Bonchev–Trinajstić information content (AvgIpc) is 3.20. The van der Waals surface area contributed by atoms with Gasteiger partial charge in [-0.15, -0.1) is 0 Å². The average molecular weight is 783 g/mol. The van der Waals surface area contributed by atoms with Crippen molar-refractivity contribution in [2.45, 2.75) is 245 Å². The summed E-state index contributed by atoms with van der Waals surface area (Å²) < 4.78 is 11.2. The highest BCUT2D eigenvalue weighted by Gasteiger charge is 2.13. The Morgan fingerprint density at radius 1 is 0.446 bits per heavy atom. The van der Waals surface area contributed by atoms with Crippen molar-refractivity contribution in [3.8, 4) is 0 Å². The van der Waals surface area contributed by atoms with Crippen LogP contribution in [0, 0.1) is 0 Å². The molecule has 0 aromatic heterocycles. The fourth-order valence-corrected chi connectivity index (χ4v) is 7.00. The van der Waals surface area contributed by atoms with Gasteiger partial charge < -0.3 is 14.6 Å². The van der Waals surface area contributed by atoms with Crippen molar-refractivity contribution in [3.63, 3.8) is 0 Å². The summed E-state index contributed by atoms with van der Waals surface area (Å²) in [6.07, 6.45) is 65.9. The van der Waals surface area contributed by atoms with Crippen LogP contribution in [-0.2, 0) is 14.3 Å². The smallest absolute Gasteiger partial charge is 0.306 e. The summed E-state index contributed by atoms with van der Waals surface area (Å²) in [4.78, 5) is 12.3. The zero-order chi connectivity index (χ0) is 40.5. The molecule has 0 aromatic carbocycles. The SMILES string of the molecule is CC/C=C\C/C=C\C/C=C\C/C=C\C/C=C\CCCCCCCCCC(=O)OC(CO)COCCCCCCCCCCCCCCCCCCCCCCC. The van der Waals surface area contributed by atoms with Gasteiger partial charge in [0.25, 0.3) is 0 Å². The first-order valence-electron chi connectivity index (χ1n) is 24.4. The van der Waals surface area contributed by atoms with Gasteiger partial charge in [0.15, 0.2) is 0 Å². The van der Waals surface area contributed by atoms with E-state index >= 15 is 0 Å². The standard InChI is InChI=1S/C52H94O4/c1-3-5-7-9-11-13-15-17-19-21-23-25-26-27-29-31-33-35-37-39-41-43-45-47-52(54)56-51(49-53)50-55-48-46-44-42-40-38-36-34-32-30-28-24-22-20-18-16-14-12-10-8-6-4-2/h5,7,11,13,17,19,23,25,27,29,51,53H,3-4,6,8-10,12,14-16,18,20-22,24,26,28,30-50H2,1-2H3/b7-5-,13-11-,19-17-,25-23-,29-27-. The number of aliphatic hydroxyl groups excluding tert-OH is 1. The lowest BCUT2D eigenvalue weighted by molar-refractivity contribution is -0.154. The lowest BCUT2D eigenvalue weighted by atomic mass is 10.0. The Hall–Kier alpha value is -1.91. The van der Waals surface area contributed by atoms with Crippen molar-refractivity contribution in [1.82, 2.24) is 0 Å². The molecule has 0 amide bonds. The number of carbonyl (C=O) groups excluding carboxylic acids is 1. The van der Waals surface area contributed by atoms with Gasteiger partial charge in [-0.2, -0.15) is 0 Å². The quantitative estimate of drug-likeness (QED) is 0.0380. The number of rotatable bonds is 45. The van der Waals surface area contributed by atoms with Gasteiger partial charge in [-0.1, -0.05) is 235 Å². The third kappa shape index (κ3) is 46.5. The fraction of sp³-hybridized carbons (Fsp3) is 0.788. The molecule has 0 heterocycles. The summed E-state index contributed by atoms with van der Waals surface area (Å²) in [5.41, 5.74) is 0. The molecule has 326 valence electrons. The summed E-state index contributed by atoms with van der Waals surface area (Å²) in [6.45, 7) is 5.25. The van der Waals surface area contributed by atoms with E-state index in [0.717, 1.165) is 57.8 Å². The Morgan fingerprint density at radius 2 is 0.804 bits per heavy atom.